The number of halogens is 3. The molecule has 2 fully saturated rings. The first-order chi connectivity index (χ1) is 28.3. The van der Waals surface area contributed by atoms with E-state index in [1.807, 2.05) is 54.5 Å². The summed E-state index contributed by atoms with van der Waals surface area (Å²) in [6.45, 7) is 18.7. The van der Waals surface area contributed by atoms with Crippen molar-refractivity contribution in [3.63, 3.8) is 0 Å². The van der Waals surface area contributed by atoms with E-state index in [0.717, 1.165) is 36.1 Å². The van der Waals surface area contributed by atoms with Gasteiger partial charge in [-0.15, -0.1) is 0 Å². The van der Waals surface area contributed by atoms with E-state index in [2.05, 4.69) is 27.6 Å². The molecular formula is C44H59F2IN8O6. The van der Waals surface area contributed by atoms with Crippen LogP contribution in [0.2, 0.25) is 0 Å². The van der Waals surface area contributed by atoms with E-state index in [4.69, 9.17) is 14.2 Å². The van der Waals surface area contributed by atoms with Gasteiger partial charge in [-0.2, -0.15) is 4.39 Å². The number of amides is 3. The number of ether oxygens (including phenoxy) is 3. The number of aromatic nitrogens is 3. The summed E-state index contributed by atoms with van der Waals surface area (Å²) in [7, 11) is 3.50. The SMILES string of the molecule is CCc1cc(Nc2nccn3c(-c4ccc(OC)c(F)c4F)cnc23)ccc1C(=O)NCCC[N+](C)(CC1CN(C(=O)OC(C)(C)C)C1)CC1CN(C(=O)OC(C)(C)C)C1.[I-]. The molecule has 2 aromatic carbocycles. The molecule has 4 aromatic rings. The molecule has 2 aromatic heterocycles. The Kier molecular flexibility index (Phi) is 14.8. The van der Waals surface area contributed by atoms with Gasteiger partial charge in [-0.1, -0.05) is 6.92 Å². The summed E-state index contributed by atoms with van der Waals surface area (Å²) in [6.07, 6.45) is 5.38. The van der Waals surface area contributed by atoms with Crippen LogP contribution in [-0.4, -0.2) is 124 Å². The van der Waals surface area contributed by atoms with Gasteiger partial charge in [-0.25, -0.2) is 23.9 Å². The molecule has 2 aliphatic heterocycles. The number of hydrogen-bond acceptors (Lipinski definition) is 9. The lowest BCUT2D eigenvalue weighted by Gasteiger charge is -2.48. The van der Waals surface area contributed by atoms with Gasteiger partial charge in [0.25, 0.3) is 5.91 Å². The van der Waals surface area contributed by atoms with E-state index >= 15 is 4.39 Å². The Balaban J connectivity index is 0.00000704. The minimum atomic E-state index is -1.08. The van der Waals surface area contributed by atoms with Crippen LogP contribution in [0.4, 0.5) is 29.9 Å². The lowest BCUT2D eigenvalue weighted by atomic mass is 9.95. The molecule has 0 aliphatic carbocycles. The molecule has 0 saturated carbocycles. The smallest absolute Gasteiger partial charge is 0.410 e. The second kappa shape index (κ2) is 19.1. The van der Waals surface area contributed by atoms with Gasteiger partial charge in [0.1, 0.15) is 11.2 Å². The van der Waals surface area contributed by atoms with E-state index in [1.54, 1.807) is 38.7 Å². The zero-order valence-corrected chi connectivity index (χ0v) is 38.8. The summed E-state index contributed by atoms with van der Waals surface area (Å²) in [6, 6.07) is 8.29. The van der Waals surface area contributed by atoms with Gasteiger partial charge in [0, 0.05) is 80.2 Å². The zero-order valence-electron chi connectivity index (χ0n) is 36.6. The highest BCUT2D eigenvalue weighted by molar-refractivity contribution is 5.96. The van der Waals surface area contributed by atoms with Crippen LogP contribution >= 0.6 is 0 Å². The first-order valence-corrected chi connectivity index (χ1v) is 20.6. The third-order valence-electron chi connectivity index (χ3n) is 10.7. The van der Waals surface area contributed by atoms with E-state index in [9.17, 15) is 18.8 Å². The lowest BCUT2D eigenvalue weighted by molar-refractivity contribution is -0.917. The third-order valence-corrected chi connectivity index (χ3v) is 10.7. The number of anilines is 2. The second-order valence-electron chi connectivity index (χ2n) is 18.2. The number of nitrogens with zero attached hydrogens (tertiary/aromatic N) is 6. The molecule has 4 heterocycles. The summed E-state index contributed by atoms with van der Waals surface area (Å²) in [5, 5.41) is 6.40. The highest BCUT2D eigenvalue weighted by Gasteiger charge is 2.42. The first kappa shape index (κ1) is 47.3. The Morgan fingerprint density at radius 1 is 0.885 bits per heavy atom. The zero-order chi connectivity index (χ0) is 43.6. The van der Waals surface area contributed by atoms with Crippen molar-refractivity contribution in [3.05, 3.63) is 71.7 Å². The summed E-state index contributed by atoms with van der Waals surface area (Å²) < 4.78 is 48.0. The Hall–Kier alpha value is -4.78. The fourth-order valence-corrected chi connectivity index (χ4v) is 8.00. The maximum Gasteiger partial charge on any atom is 0.410 e. The van der Waals surface area contributed by atoms with Crippen molar-refractivity contribution in [3.8, 4) is 17.0 Å². The number of aryl methyl sites for hydroxylation is 1. The number of methoxy groups -OCH3 is 1. The summed E-state index contributed by atoms with van der Waals surface area (Å²) >= 11 is 0. The number of benzene rings is 2. The minimum Gasteiger partial charge on any atom is -1.00 e. The van der Waals surface area contributed by atoms with Gasteiger partial charge in [0.15, 0.2) is 23.0 Å². The molecule has 0 spiro atoms. The second-order valence-corrected chi connectivity index (χ2v) is 18.2. The van der Waals surface area contributed by atoms with Crippen molar-refractivity contribution in [1.82, 2.24) is 29.5 Å². The Labute approximate surface area is 373 Å². The van der Waals surface area contributed by atoms with Crippen LogP contribution in [0.25, 0.3) is 16.9 Å². The number of fused-ring (bicyclic) bond motifs is 1. The molecule has 2 aliphatic rings. The van der Waals surface area contributed by atoms with Crippen LogP contribution < -0.4 is 39.3 Å². The fraction of sp³-hybridized carbons (Fsp3) is 0.523. The fourth-order valence-electron chi connectivity index (χ4n) is 8.00. The average molecular weight is 961 g/mol. The molecular weight excluding hydrogens is 901 g/mol. The number of imidazole rings is 1. The predicted octanol–water partition coefficient (Wildman–Crippen LogP) is 4.29. The van der Waals surface area contributed by atoms with E-state index in [-0.39, 0.29) is 53.4 Å². The van der Waals surface area contributed by atoms with Gasteiger partial charge >= 0.3 is 12.2 Å². The molecule has 61 heavy (non-hydrogen) atoms. The topological polar surface area (TPSA) is 140 Å². The molecule has 2 N–H and O–H groups in total. The quantitative estimate of drug-likeness (QED) is 0.108. The van der Waals surface area contributed by atoms with Crippen molar-refractivity contribution >= 4 is 35.2 Å². The molecule has 0 bridgehead atoms. The van der Waals surface area contributed by atoms with Crippen molar-refractivity contribution < 1.29 is 65.8 Å². The number of carbonyl (C=O) groups is 3. The van der Waals surface area contributed by atoms with E-state index < -0.39 is 22.8 Å². The van der Waals surface area contributed by atoms with Crippen LogP contribution in [0.1, 0.15) is 70.8 Å². The summed E-state index contributed by atoms with van der Waals surface area (Å²) in [5.74, 6) is -1.44. The molecule has 0 atom stereocenters. The minimum absolute atomic E-state index is 0. The third kappa shape index (κ3) is 11.6. The molecule has 2 saturated heterocycles. The standard InChI is InChI=1S/C44H58F2N8O6.HI/c1-10-30-20-31(50-38-39-49-21-34(53(39)18-17-47-38)33-14-15-35(58-9)37(46)36(33)45)12-13-32(30)40(55)48-16-11-19-54(8,26-28-22-51(23-28)41(56)59-43(2,3)4)27-29-24-52(25-29)42(57)60-44(5,6)7;/h12-15,17-18,20-21,28-29H,10-11,16,19,22-27H2,1-9H3,(H-,47,48,50,55);1H. The molecule has 17 heteroatoms. The Morgan fingerprint density at radius 2 is 1.49 bits per heavy atom. The number of carbonyl (C=O) groups excluding carboxylic acids is 3. The van der Waals surface area contributed by atoms with Gasteiger partial charge in [-0.05, 0) is 83.9 Å². The Bertz CT molecular complexity index is 2170. The molecule has 0 radical (unpaired) electrons. The van der Waals surface area contributed by atoms with Gasteiger partial charge in [0.05, 0.1) is 45.7 Å². The average Bonchev–Trinajstić information content (AvgIpc) is 3.57. The molecule has 14 nitrogen and oxygen atoms in total. The number of quaternary nitrogens is 1. The van der Waals surface area contributed by atoms with Crippen LogP contribution in [0.15, 0.2) is 48.9 Å². The van der Waals surface area contributed by atoms with Crippen molar-refractivity contribution in [1.29, 1.82) is 0 Å². The van der Waals surface area contributed by atoms with Crippen molar-refractivity contribution in [2.45, 2.75) is 72.5 Å². The number of rotatable bonds is 14. The van der Waals surface area contributed by atoms with Crippen molar-refractivity contribution in [2.75, 3.05) is 71.8 Å². The molecule has 6 rings (SSSR count). The first-order valence-electron chi connectivity index (χ1n) is 20.6. The summed E-state index contributed by atoms with van der Waals surface area (Å²) in [4.78, 5) is 51.2. The lowest BCUT2D eigenvalue weighted by Crippen LogP contribution is -3.00. The molecule has 0 unspecified atom stereocenters. The normalized spacial score (nSPS) is 14.8. The number of nitrogens with one attached hydrogen (secondary N) is 2. The van der Waals surface area contributed by atoms with E-state index in [0.29, 0.717) is 79.4 Å². The predicted molar refractivity (Wildman–Crippen MR) is 224 cm³/mol. The van der Waals surface area contributed by atoms with Gasteiger partial charge < -0.3 is 63.1 Å². The molecule has 332 valence electrons. The van der Waals surface area contributed by atoms with Gasteiger partial charge in [0.2, 0.25) is 5.82 Å². The maximum atomic E-state index is 15.0. The largest absolute Gasteiger partial charge is 1.00 e. The number of hydrogen-bond donors (Lipinski definition) is 2. The van der Waals surface area contributed by atoms with Crippen LogP contribution in [0.5, 0.6) is 5.75 Å². The van der Waals surface area contributed by atoms with Crippen LogP contribution in [0, 0.1) is 23.5 Å². The van der Waals surface area contributed by atoms with E-state index in [1.165, 1.54) is 25.4 Å². The summed E-state index contributed by atoms with van der Waals surface area (Å²) in [5.41, 5.74) is 1.77. The van der Waals surface area contributed by atoms with Crippen LogP contribution in [-0.2, 0) is 15.9 Å². The monoisotopic (exact) mass is 960 g/mol. The van der Waals surface area contributed by atoms with Crippen molar-refractivity contribution in [2.24, 2.45) is 11.8 Å². The number of likely N-dealkylation sites (tertiary alicyclic amines) is 2. The highest BCUT2D eigenvalue weighted by atomic mass is 127. The van der Waals surface area contributed by atoms with Gasteiger partial charge in [-0.3, -0.25) is 9.20 Å². The molecule has 3 amide bonds. The van der Waals surface area contributed by atoms with Crippen LogP contribution in [0.3, 0.4) is 0 Å². The Morgan fingerprint density at radius 3 is 2.05 bits per heavy atom. The maximum absolute atomic E-state index is 15.0. The highest BCUT2D eigenvalue weighted by Crippen LogP contribution is 2.32.